The highest BCUT2D eigenvalue weighted by Gasteiger charge is 2.40. The Morgan fingerprint density at radius 1 is 1.41 bits per heavy atom. The van der Waals surface area contributed by atoms with E-state index >= 15 is 0 Å². The van der Waals surface area contributed by atoms with Crippen molar-refractivity contribution in [2.75, 3.05) is 70.4 Å². The highest BCUT2D eigenvalue weighted by atomic mass is 16.5. The van der Waals surface area contributed by atoms with E-state index in [9.17, 15) is 0 Å². The van der Waals surface area contributed by atoms with Gasteiger partial charge in [-0.2, -0.15) is 4.98 Å². The van der Waals surface area contributed by atoms with Gasteiger partial charge in [-0.1, -0.05) is 0 Å². The molecule has 7 nitrogen and oxygen atoms in total. The molecule has 0 bridgehead atoms. The number of hydrogen-bond acceptors (Lipinski definition) is 7. The standard InChI is InChI=1S/C15H25N5O2/c1-18(2)15-16-5-4-14(17-15)20-7-9-22-13-11-19(6-8-21-3)10-12(13)20/h4-5,12-13H,6-11H2,1-3H3/t12-,13+/m0/s1. The van der Waals surface area contributed by atoms with Gasteiger partial charge in [0, 0.05) is 53.6 Å². The molecule has 2 saturated heterocycles. The van der Waals surface area contributed by atoms with Crippen LogP contribution in [0.3, 0.4) is 0 Å². The number of hydrogen-bond donors (Lipinski definition) is 0. The Bertz CT molecular complexity index is 499. The molecule has 0 aliphatic carbocycles. The Hall–Kier alpha value is -1.44. The Balaban J connectivity index is 1.75. The number of nitrogens with zero attached hydrogens (tertiary/aromatic N) is 5. The molecule has 2 aliphatic heterocycles. The third-order valence-electron chi connectivity index (χ3n) is 4.31. The molecule has 1 aromatic rings. The molecule has 2 atom stereocenters. The minimum Gasteiger partial charge on any atom is -0.383 e. The molecule has 122 valence electrons. The first-order valence-electron chi connectivity index (χ1n) is 7.79. The van der Waals surface area contributed by atoms with Crippen LogP contribution in [0.15, 0.2) is 12.3 Å². The van der Waals surface area contributed by atoms with Gasteiger partial charge in [-0.15, -0.1) is 0 Å². The second kappa shape index (κ2) is 6.76. The monoisotopic (exact) mass is 307 g/mol. The van der Waals surface area contributed by atoms with Crippen molar-refractivity contribution >= 4 is 11.8 Å². The van der Waals surface area contributed by atoms with Gasteiger partial charge in [0.25, 0.3) is 0 Å². The van der Waals surface area contributed by atoms with Gasteiger partial charge in [-0.3, -0.25) is 4.90 Å². The number of aromatic nitrogens is 2. The van der Waals surface area contributed by atoms with E-state index in [1.807, 2.05) is 31.3 Å². The molecular formula is C15H25N5O2. The molecular weight excluding hydrogens is 282 g/mol. The Kier molecular flexibility index (Phi) is 4.75. The summed E-state index contributed by atoms with van der Waals surface area (Å²) in [7, 11) is 5.67. The van der Waals surface area contributed by atoms with Gasteiger partial charge >= 0.3 is 0 Å². The van der Waals surface area contributed by atoms with Crippen LogP contribution in [0.2, 0.25) is 0 Å². The number of methoxy groups -OCH3 is 1. The summed E-state index contributed by atoms with van der Waals surface area (Å²) in [6, 6.07) is 2.35. The van der Waals surface area contributed by atoms with Crippen molar-refractivity contribution in [2.24, 2.45) is 0 Å². The van der Waals surface area contributed by atoms with Gasteiger partial charge in [-0.25, -0.2) is 4.98 Å². The van der Waals surface area contributed by atoms with Gasteiger partial charge in [-0.05, 0) is 6.07 Å². The SMILES string of the molecule is COCCN1C[C@H]2OCCN(c3ccnc(N(C)C)n3)[C@H]2C1. The summed E-state index contributed by atoms with van der Waals surface area (Å²) in [5.74, 6) is 1.74. The molecule has 2 fully saturated rings. The van der Waals surface area contributed by atoms with Crippen LogP contribution >= 0.6 is 0 Å². The van der Waals surface area contributed by atoms with Gasteiger partial charge in [0.1, 0.15) is 5.82 Å². The number of fused-ring (bicyclic) bond motifs is 1. The van der Waals surface area contributed by atoms with Gasteiger partial charge in [0.05, 0.1) is 25.4 Å². The van der Waals surface area contributed by atoms with Gasteiger partial charge in [0.2, 0.25) is 5.95 Å². The molecule has 0 aromatic carbocycles. The number of likely N-dealkylation sites (tertiary alicyclic amines) is 1. The van der Waals surface area contributed by atoms with Crippen LogP contribution in [0.25, 0.3) is 0 Å². The molecule has 2 aliphatic rings. The average Bonchev–Trinajstić information content (AvgIpc) is 2.95. The van der Waals surface area contributed by atoms with E-state index in [-0.39, 0.29) is 6.10 Å². The molecule has 3 rings (SSSR count). The fourth-order valence-electron chi connectivity index (χ4n) is 3.17. The van der Waals surface area contributed by atoms with Crippen LogP contribution in [0.5, 0.6) is 0 Å². The minimum atomic E-state index is 0.253. The molecule has 0 radical (unpaired) electrons. The van der Waals surface area contributed by atoms with Crippen molar-refractivity contribution in [2.45, 2.75) is 12.1 Å². The fraction of sp³-hybridized carbons (Fsp3) is 0.733. The topological polar surface area (TPSA) is 54.0 Å². The lowest BCUT2D eigenvalue weighted by Crippen LogP contribution is -2.51. The Morgan fingerprint density at radius 2 is 2.27 bits per heavy atom. The quantitative estimate of drug-likeness (QED) is 0.763. The van der Waals surface area contributed by atoms with Crippen molar-refractivity contribution in [3.05, 3.63) is 12.3 Å². The van der Waals surface area contributed by atoms with Crippen molar-refractivity contribution in [3.8, 4) is 0 Å². The second-order valence-corrected chi connectivity index (χ2v) is 6.03. The summed E-state index contributed by atoms with van der Waals surface area (Å²) >= 11 is 0. The zero-order chi connectivity index (χ0) is 15.5. The van der Waals surface area contributed by atoms with Crippen LogP contribution in [0.4, 0.5) is 11.8 Å². The predicted octanol–water partition coefficient (Wildman–Crippen LogP) is 0.0784. The van der Waals surface area contributed by atoms with E-state index in [1.54, 1.807) is 7.11 Å². The number of ether oxygens (including phenoxy) is 2. The summed E-state index contributed by atoms with van der Waals surface area (Å²) in [6.45, 7) is 5.31. The Morgan fingerprint density at radius 3 is 3.05 bits per heavy atom. The predicted molar refractivity (Wildman–Crippen MR) is 85.5 cm³/mol. The summed E-state index contributed by atoms with van der Waals surface area (Å²) < 4.78 is 11.2. The molecule has 0 saturated carbocycles. The first kappa shape index (κ1) is 15.5. The van der Waals surface area contributed by atoms with E-state index in [2.05, 4.69) is 19.8 Å². The minimum absolute atomic E-state index is 0.253. The van der Waals surface area contributed by atoms with Crippen molar-refractivity contribution < 1.29 is 9.47 Å². The molecule has 0 spiro atoms. The molecule has 1 aromatic heterocycles. The van der Waals surface area contributed by atoms with Crippen LogP contribution in [0, 0.1) is 0 Å². The van der Waals surface area contributed by atoms with E-state index in [0.29, 0.717) is 6.04 Å². The zero-order valence-corrected chi connectivity index (χ0v) is 13.6. The van der Waals surface area contributed by atoms with E-state index < -0.39 is 0 Å². The lowest BCUT2D eigenvalue weighted by molar-refractivity contribution is 0.0297. The third kappa shape index (κ3) is 3.16. The summed E-state index contributed by atoms with van der Waals surface area (Å²) in [5, 5.41) is 0. The molecule has 7 heteroatoms. The highest BCUT2D eigenvalue weighted by Crippen LogP contribution is 2.27. The maximum absolute atomic E-state index is 5.96. The molecule has 0 unspecified atom stereocenters. The van der Waals surface area contributed by atoms with Gasteiger partial charge in [0.15, 0.2) is 0 Å². The molecule has 0 amide bonds. The van der Waals surface area contributed by atoms with Gasteiger partial charge < -0.3 is 19.3 Å². The maximum Gasteiger partial charge on any atom is 0.226 e. The fourth-order valence-corrected chi connectivity index (χ4v) is 3.17. The number of morpholine rings is 1. The zero-order valence-electron chi connectivity index (χ0n) is 13.6. The highest BCUT2D eigenvalue weighted by molar-refractivity contribution is 5.45. The molecule has 3 heterocycles. The normalized spacial score (nSPS) is 25.3. The lowest BCUT2D eigenvalue weighted by Gasteiger charge is -2.37. The maximum atomic E-state index is 5.96. The summed E-state index contributed by atoms with van der Waals surface area (Å²) in [4.78, 5) is 15.7. The van der Waals surface area contributed by atoms with Crippen LogP contribution in [-0.2, 0) is 9.47 Å². The summed E-state index contributed by atoms with van der Waals surface area (Å²) in [6.07, 6.45) is 2.09. The first-order chi connectivity index (χ1) is 10.7. The Labute approximate surface area is 131 Å². The van der Waals surface area contributed by atoms with Crippen molar-refractivity contribution in [1.29, 1.82) is 0 Å². The second-order valence-electron chi connectivity index (χ2n) is 6.03. The average molecular weight is 307 g/mol. The van der Waals surface area contributed by atoms with E-state index in [4.69, 9.17) is 9.47 Å². The largest absolute Gasteiger partial charge is 0.383 e. The number of anilines is 2. The third-order valence-corrected chi connectivity index (χ3v) is 4.31. The van der Waals surface area contributed by atoms with E-state index in [0.717, 1.165) is 51.2 Å². The summed E-state index contributed by atoms with van der Waals surface area (Å²) in [5.41, 5.74) is 0. The van der Waals surface area contributed by atoms with E-state index in [1.165, 1.54) is 0 Å². The van der Waals surface area contributed by atoms with Crippen LogP contribution in [-0.4, -0.2) is 87.6 Å². The van der Waals surface area contributed by atoms with Crippen molar-refractivity contribution in [1.82, 2.24) is 14.9 Å². The smallest absolute Gasteiger partial charge is 0.226 e. The van der Waals surface area contributed by atoms with Crippen LogP contribution in [0.1, 0.15) is 0 Å². The van der Waals surface area contributed by atoms with Crippen LogP contribution < -0.4 is 9.80 Å². The molecule has 0 N–H and O–H groups in total. The molecule has 22 heavy (non-hydrogen) atoms. The number of rotatable bonds is 5. The first-order valence-corrected chi connectivity index (χ1v) is 7.79. The lowest BCUT2D eigenvalue weighted by atomic mass is 10.1. The van der Waals surface area contributed by atoms with Crippen molar-refractivity contribution in [3.63, 3.8) is 0 Å².